The third-order valence-corrected chi connectivity index (χ3v) is 4.72. The first-order valence-electron chi connectivity index (χ1n) is 8.03. The lowest BCUT2D eigenvalue weighted by Gasteiger charge is -2.42. The maximum atomic E-state index is 6.10. The molecule has 0 amide bonds. The molecule has 0 aromatic rings. The molecule has 2 rings (SSSR count). The Labute approximate surface area is 119 Å². The van der Waals surface area contributed by atoms with Gasteiger partial charge in [-0.15, -0.1) is 0 Å². The highest BCUT2D eigenvalue weighted by atomic mass is 16.5. The van der Waals surface area contributed by atoms with E-state index >= 15 is 0 Å². The Balaban J connectivity index is 1.84. The molecule has 1 heterocycles. The Hall–Kier alpha value is -0.120. The fourth-order valence-corrected chi connectivity index (χ4v) is 3.53. The topological polar surface area (TPSA) is 24.5 Å². The van der Waals surface area contributed by atoms with Crippen molar-refractivity contribution in [1.82, 2.24) is 10.2 Å². The van der Waals surface area contributed by atoms with Crippen molar-refractivity contribution in [3.63, 3.8) is 0 Å². The van der Waals surface area contributed by atoms with Crippen molar-refractivity contribution in [1.29, 1.82) is 0 Å². The molecule has 2 aliphatic rings. The molecule has 3 heteroatoms. The summed E-state index contributed by atoms with van der Waals surface area (Å²) in [6, 6.07) is 1.31. The van der Waals surface area contributed by atoms with Crippen molar-refractivity contribution in [2.75, 3.05) is 13.3 Å². The van der Waals surface area contributed by atoms with E-state index in [1.807, 2.05) is 0 Å². The Morgan fingerprint density at radius 1 is 1.32 bits per heavy atom. The van der Waals surface area contributed by atoms with Crippen molar-refractivity contribution < 1.29 is 4.74 Å². The highest BCUT2D eigenvalue weighted by Gasteiger charge is 2.41. The zero-order valence-electron chi connectivity index (χ0n) is 13.4. The third-order valence-electron chi connectivity index (χ3n) is 4.72. The molecular weight excluding hydrogens is 236 g/mol. The first-order chi connectivity index (χ1) is 8.90. The second-order valence-corrected chi connectivity index (χ2v) is 7.51. The van der Waals surface area contributed by atoms with Gasteiger partial charge in [-0.2, -0.15) is 0 Å². The standard InChI is InChI=1S/C16H32N2O/c1-6-7-12(2)17-14-8-13-10-18(16(3,4)5)11-19-15(13)9-14/h12-15,17H,6-11H2,1-5H3. The van der Waals surface area contributed by atoms with E-state index in [1.54, 1.807) is 0 Å². The van der Waals surface area contributed by atoms with Gasteiger partial charge in [0.15, 0.2) is 0 Å². The summed E-state index contributed by atoms with van der Waals surface area (Å²) < 4.78 is 6.10. The fraction of sp³-hybridized carbons (Fsp3) is 1.00. The second-order valence-electron chi connectivity index (χ2n) is 7.51. The summed E-state index contributed by atoms with van der Waals surface area (Å²) in [5.41, 5.74) is 0.228. The van der Waals surface area contributed by atoms with E-state index in [2.05, 4.69) is 44.8 Å². The SMILES string of the molecule is CCCC(C)NC1CC2CN(C(C)(C)C)COC2C1. The molecule has 0 aromatic heterocycles. The van der Waals surface area contributed by atoms with Gasteiger partial charge < -0.3 is 10.1 Å². The summed E-state index contributed by atoms with van der Waals surface area (Å²) in [4.78, 5) is 2.48. The van der Waals surface area contributed by atoms with E-state index in [-0.39, 0.29) is 5.54 Å². The molecule has 1 aliphatic heterocycles. The second kappa shape index (κ2) is 6.11. The monoisotopic (exact) mass is 268 g/mol. The summed E-state index contributed by atoms with van der Waals surface area (Å²) in [5, 5.41) is 3.79. The highest BCUT2D eigenvalue weighted by molar-refractivity contribution is 4.94. The average molecular weight is 268 g/mol. The number of nitrogens with zero attached hydrogens (tertiary/aromatic N) is 1. The molecular formula is C16H32N2O. The summed E-state index contributed by atoms with van der Waals surface area (Å²) in [5.74, 6) is 0.722. The highest BCUT2D eigenvalue weighted by Crippen LogP contribution is 2.35. The number of rotatable bonds is 4. The van der Waals surface area contributed by atoms with Gasteiger partial charge >= 0.3 is 0 Å². The molecule has 3 nitrogen and oxygen atoms in total. The molecule has 0 bridgehead atoms. The van der Waals surface area contributed by atoms with Crippen LogP contribution in [0.3, 0.4) is 0 Å². The molecule has 0 spiro atoms. The molecule has 4 unspecified atom stereocenters. The molecule has 4 atom stereocenters. The van der Waals surface area contributed by atoms with Crippen molar-refractivity contribution >= 4 is 0 Å². The maximum absolute atomic E-state index is 6.10. The van der Waals surface area contributed by atoms with E-state index in [4.69, 9.17) is 4.74 Å². The number of hydrogen-bond donors (Lipinski definition) is 1. The lowest BCUT2D eigenvalue weighted by atomic mass is 9.99. The van der Waals surface area contributed by atoms with E-state index < -0.39 is 0 Å². The van der Waals surface area contributed by atoms with Crippen LogP contribution < -0.4 is 5.32 Å². The number of ether oxygens (including phenoxy) is 1. The quantitative estimate of drug-likeness (QED) is 0.848. The van der Waals surface area contributed by atoms with Crippen molar-refractivity contribution in [3.05, 3.63) is 0 Å². The fourth-order valence-electron chi connectivity index (χ4n) is 3.53. The lowest BCUT2D eigenvalue weighted by molar-refractivity contribution is -0.120. The molecule has 2 fully saturated rings. The van der Waals surface area contributed by atoms with Crippen LogP contribution in [0.5, 0.6) is 0 Å². The Morgan fingerprint density at radius 2 is 2.05 bits per heavy atom. The van der Waals surface area contributed by atoms with Crippen LogP contribution in [0.4, 0.5) is 0 Å². The van der Waals surface area contributed by atoms with Crippen LogP contribution in [0.15, 0.2) is 0 Å². The van der Waals surface area contributed by atoms with Crippen LogP contribution in [-0.2, 0) is 4.74 Å². The zero-order chi connectivity index (χ0) is 14.0. The van der Waals surface area contributed by atoms with Crippen LogP contribution >= 0.6 is 0 Å². The zero-order valence-corrected chi connectivity index (χ0v) is 13.4. The summed E-state index contributed by atoms with van der Waals surface area (Å²) in [6.45, 7) is 13.4. The minimum Gasteiger partial charge on any atom is -0.362 e. The number of hydrogen-bond acceptors (Lipinski definition) is 3. The predicted octanol–water partition coefficient (Wildman–Crippen LogP) is 3.00. The first kappa shape index (κ1) is 15.3. The van der Waals surface area contributed by atoms with Gasteiger partial charge in [0.05, 0.1) is 12.8 Å². The summed E-state index contributed by atoms with van der Waals surface area (Å²) in [6.07, 6.45) is 5.52. The molecule has 19 heavy (non-hydrogen) atoms. The van der Waals surface area contributed by atoms with Gasteiger partial charge in [-0.3, -0.25) is 4.90 Å². The van der Waals surface area contributed by atoms with Gasteiger partial charge in [-0.05, 0) is 52.9 Å². The molecule has 0 aromatic carbocycles. The van der Waals surface area contributed by atoms with Crippen molar-refractivity contribution in [2.45, 2.75) is 84.0 Å². The van der Waals surface area contributed by atoms with Crippen LogP contribution in [0, 0.1) is 5.92 Å². The van der Waals surface area contributed by atoms with E-state index in [0.717, 1.165) is 12.6 Å². The van der Waals surface area contributed by atoms with Gasteiger partial charge in [-0.25, -0.2) is 0 Å². The minimum atomic E-state index is 0.228. The predicted molar refractivity (Wildman–Crippen MR) is 80.2 cm³/mol. The van der Waals surface area contributed by atoms with Crippen LogP contribution in [0.1, 0.15) is 60.3 Å². The van der Waals surface area contributed by atoms with Crippen LogP contribution in [-0.4, -0.2) is 41.9 Å². The van der Waals surface area contributed by atoms with Gasteiger partial charge in [-0.1, -0.05) is 13.3 Å². The maximum Gasteiger partial charge on any atom is 0.0998 e. The van der Waals surface area contributed by atoms with E-state index in [0.29, 0.717) is 18.2 Å². The van der Waals surface area contributed by atoms with Crippen LogP contribution in [0.25, 0.3) is 0 Å². The molecule has 0 radical (unpaired) electrons. The van der Waals surface area contributed by atoms with E-state index in [9.17, 15) is 0 Å². The molecule has 1 saturated carbocycles. The molecule has 112 valence electrons. The van der Waals surface area contributed by atoms with Crippen molar-refractivity contribution in [3.8, 4) is 0 Å². The Kier molecular flexibility index (Phi) is 4.91. The van der Waals surface area contributed by atoms with Crippen LogP contribution in [0.2, 0.25) is 0 Å². The largest absolute Gasteiger partial charge is 0.362 e. The number of nitrogens with one attached hydrogen (secondary N) is 1. The molecule has 1 saturated heterocycles. The van der Waals surface area contributed by atoms with E-state index in [1.165, 1.54) is 32.2 Å². The smallest absolute Gasteiger partial charge is 0.0998 e. The molecule has 1 aliphatic carbocycles. The third kappa shape index (κ3) is 3.93. The minimum absolute atomic E-state index is 0.228. The Morgan fingerprint density at radius 3 is 2.68 bits per heavy atom. The summed E-state index contributed by atoms with van der Waals surface area (Å²) in [7, 11) is 0. The van der Waals surface area contributed by atoms with Crippen molar-refractivity contribution in [2.24, 2.45) is 5.92 Å². The molecule has 1 N–H and O–H groups in total. The van der Waals surface area contributed by atoms with Gasteiger partial charge in [0.1, 0.15) is 0 Å². The first-order valence-corrected chi connectivity index (χ1v) is 8.03. The van der Waals surface area contributed by atoms with Gasteiger partial charge in [0, 0.05) is 24.2 Å². The Bertz CT molecular complexity index is 287. The van der Waals surface area contributed by atoms with Gasteiger partial charge in [0.2, 0.25) is 0 Å². The normalized spacial score (nSPS) is 34.3. The summed E-state index contributed by atoms with van der Waals surface area (Å²) >= 11 is 0. The van der Waals surface area contributed by atoms with Gasteiger partial charge in [0.25, 0.3) is 0 Å². The lowest BCUT2D eigenvalue weighted by Crippen LogP contribution is -2.51. The number of fused-ring (bicyclic) bond motifs is 1. The average Bonchev–Trinajstić information content (AvgIpc) is 2.68.